The fourth-order valence-electron chi connectivity index (χ4n) is 4.82. The third-order valence-corrected chi connectivity index (χ3v) is 11.6. The highest BCUT2D eigenvalue weighted by Crippen LogP contribution is 2.61. The number of carbonyl (C=O) groups excluding carboxylic acids is 5. The van der Waals surface area contributed by atoms with E-state index in [1.807, 2.05) is 0 Å². The van der Waals surface area contributed by atoms with Gasteiger partial charge in [0.2, 0.25) is 11.8 Å². The van der Waals surface area contributed by atoms with Crippen molar-refractivity contribution in [3.63, 3.8) is 0 Å². The summed E-state index contributed by atoms with van der Waals surface area (Å²) in [4.78, 5) is 109. The number of phosphoric acid groups is 3. The number of nitrogens with zero attached hydrogens (tertiary/aromatic N) is 4. The highest BCUT2D eigenvalue weighted by molar-refractivity contribution is 8.13. The maximum absolute atomic E-state index is 12.7. The smallest absolute Gasteiger partial charge is 0.386 e. The van der Waals surface area contributed by atoms with Crippen molar-refractivity contribution in [2.45, 2.75) is 70.2 Å². The largest absolute Gasteiger partial charge is 0.481 e. The Bertz CT molecular complexity index is 1910. The number of aliphatic hydroxyl groups is 2. The number of aromatic nitrogens is 4. The number of nitrogen functional groups attached to an aromatic ring is 1. The highest BCUT2D eigenvalue weighted by atomic mass is 32.2. The molecule has 3 rings (SSSR count). The van der Waals surface area contributed by atoms with E-state index in [4.69, 9.17) is 19.5 Å². The molecule has 0 radical (unpaired) electrons. The van der Waals surface area contributed by atoms with Crippen LogP contribution in [0, 0.1) is 5.41 Å². The third-order valence-electron chi connectivity index (χ3n) is 7.65. The van der Waals surface area contributed by atoms with E-state index in [9.17, 15) is 67.5 Å². The Morgan fingerprint density at radius 1 is 1.05 bits per heavy atom. The number of nitrogens with two attached hydrogens (primary N) is 1. The number of fused-ring (bicyclic) bond motifs is 1. The minimum Gasteiger partial charge on any atom is -0.386 e. The number of hydrogen-bond donors (Lipinski definition) is 9. The van der Waals surface area contributed by atoms with E-state index in [0.717, 1.165) is 29.0 Å². The van der Waals surface area contributed by atoms with Gasteiger partial charge in [-0.15, -0.1) is 0 Å². The number of amides is 2. The second-order valence-corrected chi connectivity index (χ2v) is 18.1. The molecule has 10 N–H and O–H groups in total. The number of ether oxygens (including phenoxy) is 1. The van der Waals surface area contributed by atoms with E-state index >= 15 is 0 Å². The van der Waals surface area contributed by atoms with Gasteiger partial charge in [-0.25, -0.2) is 28.6 Å². The Kier molecular flexibility index (Phi) is 17.6. The van der Waals surface area contributed by atoms with Gasteiger partial charge in [0.25, 0.3) is 0 Å². The van der Waals surface area contributed by atoms with Gasteiger partial charge in [0, 0.05) is 43.5 Å². The summed E-state index contributed by atoms with van der Waals surface area (Å²) in [5.74, 6) is -1.81. The Balaban J connectivity index is 1.47. The summed E-state index contributed by atoms with van der Waals surface area (Å²) in [6.45, 7) is 0.180. The molecular weight excluding hydrogens is 851 g/mol. The molecule has 2 aromatic rings. The zero-order chi connectivity index (χ0) is 42.8. The van der Waals surface area contributed by atoms with E-state index in [0.29, 0.717) is 6.29 Å². The van der Waals surface area contributed by atoms with Gasteiger partial charge in [-0.3, -0.25) is 37.3 Å². The lowest BCUT2D eigenvalue weighted by molar-refractivity contribution is -0.137. The number of aliphatic hydroxyl groups excluding tert-OH is 2. The number of ketones is 1. The minimum atomic E-state index is -5.59. The average molecular weight is 894 g/mol. The first kappa shape index (κ1) is 48.3. The molecule has 3 heterocycles. The van der Waals surface area contributed by atoms with Crippen LogP contribution in [0.25, 0.3) is 11.2 Å². The van der Waals surface area contributed by atoms with Crippen LogP contribution in [0.3, 0.4) is 0 Å². The molecule has 320 valence electrons. The summed E-state index contributed by atoms with van der Waals surface area (Å²) >= 11 is 0.823. The van der Waals surface area contributed by atoms with Crippen LogP contribution < -0.4 is 16.4 Å². The molecule has 0 saturated carbocycles. The Morgan fingerprint density at radius 2 is 1.74 bits per heavy atom. The Labute approximate surface area is 327 Å². The van der Waals surface area contributed by atoms with Crippen molar-refractivity contribution in [3.8, 4) is 0 Å². The number of anilines is 1. The van der Waals surface area contributed by atoms with Gasteiger partial charge in [-0.1, -0.05) is 25.6 Å². The first-order valence-corrected chi connectivity index (χ1v) is 22.0. The van der Waals surface area contributed by atoms with Crippen LogP contribution in [-0.2, 0) is 60.3 Å². The molecule has 26 nitrogen and oxygen atoms in total. The lowest BCUT2D eigenvalue weighted by atomic mass is 9.87. The number of imidazole rings is 1. The molecule has 0 bridgehead atoms. The molecule has 1 fully saturated rings. The standard InChI is InChI=1S/C27H42N7O19P3S/c1-27(2,22(40)25(41)30-6-5-17(37)29-7-9-57-18(38)10-15(36)4-3-8-35)12-50-56(47,48)53-55(45,46)49-11-16-21(52-54(42,43)44)20(39)26(51-16)34-14-33-19-23(28)31-13-32-24(19)34/h8,13-14,16,20-22,26,39-40H,3-7,9-12H2,1-2H3,(H,29,37)(H,30,41)(H,45,46)(H,47,48)(H2,28,31,32)(H2,42,43,44)/t16-,20-,21-,22?,26-/m1/s1. The molecule has 1 saturated heterocycles. The lowest BCUT2D eigenvalue weighted by Crippen LogP contribution is -2.46. The maximum Gasteiger partial charge on any atom is 0.481 e. The SMILES string of the molecule is CC(C)(COP(=O)(O)OP(=O)(O)OC[C@H]1O[C@@H](n2cnc3c(N)ncnc32)[C@H](O)[C@@H]1OP(=O)(O)O)C(O)C(=O)NCCC(=O)NCCSC(=O)CC(=O)CCC=O. The van der Waals surface area contributed by atoms with E-state index in [2.05, 4.69) is 34.4 Å². The van der Waals surface area contributed by atoms with Crippen molar-refractivity contribution in [1.82, 2.24) is 30.2 Å². The summed E-state index contributed by atoms with van der Waals surface area (Å²) in [5, 5.41) is 25.8. The van der Waals surface area contributed by atoms with Crippen LogP contribution in [0.1, 0.15) is 45.8 Å². The van der Waals surface area contributed by atoms with Gasteiger partial charge in [-0.2, -0.15) is 4.31 Å². The number of nitrogens with one attached hydrogen (secondary N) is 2. The molecule has 1 aliphatic rings. The number of hydrogen-bond acceptors (Lipinski definition) is 20. The second kappa shape index (κ2) is 20.7. The van der Waals surface area contributed by atoms with Crippen molar-refractivity contribution in [2.24, 2.45) is 5.41 Å². The number of carbonyl (C=O) groups is 5. The van der Waals surface area contributed by atoms with E-state index in [1.54, 1.807) is 0 Å². The van der Waals surface area contributed by atoms with E-state index in [-0.39, 0.29) is 67.3 Å². The van der Waals surface area contributed by atoms with Gasteiger partial charge in [-0.05, 0) is 0 Å². The zero-order valence-electron chi connectivity index (χ0n) is 30.1. The predicted octanol–water partition coefficient (Wildman–Crippen LogP) is -1.40. The predicted molar refractivity (Wildman–Crippen MR) is 192 cm³/mol. The Morgan fingerprint density at radius 3 is 2.40 bits per heavy atom. The van der Waals surface area contributed by atoms with E-state index in [1.165, 1.54) is 13.8 Å². The highest BCUT2D eigenvalue weighted by Gasteiger charge is 2.50. The van der Waals surface area contributed by atoms with Gasteiger partial charge in [0.1, 0.15) is 48.3 Å². The summed E-state index contributed by atoms with van der Waals surface area (Å²) in [7, 11) is -16.5. The fraction of sp³-hybridized carbons (Fsp3) is 0.630. The van der Waals surface area contributed by atoms with Crippen molar-refractivity contribution < 1.29 is 90.1 Å². The minimum absolute atomic E-state index is 0.0186. The number of aldehydes is 1. The summed E-state index contributed by atoms with van der Waals surface area (Å²) in [6.07, 6.45) is -6.88. The Hall–Kier alpha value is -3.10. The molecule has 2 aromatic heterocycles. The maximum atomic E-state index is 12.7. The molecule has 0 aliphatic carbocycles. The topological polar surface area (TPSA) is 398 Å². The fourth-order valence-corrected chi connectivity index (χ4v) is 8.34. The number of rotatable bonds is 24. The summed E-state index contributed by atoms with van der Waals surface area (Å²) in [5.41, 5.74) is 4.19. The van der Waals surface area contributed by atoms with Crippen molar-refractivity contribution in [2.75, 3.05) is 37.8 Å². The van der Waals surface area contributed by atoms with Gasteiger partial charge in [0.15, 0.2) is 22.8 Å². The van der Waals surface area contributed by atoms with Crippen LogP contribution in [0.2, 0.25) is 0 Å². The molecule has 3 unspecified atom stereocenters. The van der Waals surface area contributed by atoms with Gasteiger partial charge >= 0.3 is 23.5 Å². The lowest BCUT2D eigenvalue weighted by Gasteiger charge is -2.30. The quantitative estimate of drug-likeness (QED) is 0.0253. The van der Waals surface area contributed by atoms with Crippen molar-refractivity contribution >= 4 is 81.2 Å². The van der Waals surface area contributed by atoms with Crippen molar-refractivity contribution in [3.05, 3.63) is 12.7 Å². The third kappa shape index (κ3) is 15.2. The molecular formula is C27H42N7O19P3S. The van der Waals surface area contributed by atoms with Crippen LogP contribution in [0.4, 0.5) is 5.82 Å². The van der Waals surface area contributed by atoms with Crippen LogP contribution in [0.5, 0.6) is 0 Å². The van der Waals surface area contributed by atoms with Crippen LogP contribution in [0.15, 0.2) is 12.7 Å². The van der Waals surface area contributed by atoms with E-state index < -0.39 is 89.7 Å². The molecule has 1 aliphatic heterocycles. The van der Waals surface area contributed by atoms with Crippen molar-refractivity contribution in [1.29, 1.82) is 0 Å². The molecule has 0 aromatic carbocycles. The van der Waals surface area contributed by atoms with Crippen LogP contribution in [-0.4, -0.2) is 135 Å². The molecule has 57 heavy (non-hydrogen) atoms. The first-order valence-electron chi connectivity index (χ1n) is 16.4. The molecule has 2 amide bonds. The second-order valence-electron chi connectivity index (χ2n) is 12.7. The number of Topliss-reactive ketones (excluding diaryl/α,β-unsaturated/α-hetero) is 1. The van der Waals surface area contributed by atoms with Gasteiger partial charge in [0.05, 0.1) is 26.0 Å². The molecule has 30 heteroatoms. The molecule has 0 spiro atoms. The summed E-state index contributed by atoms with van der Waals surface area (Å²) in [6, 6.07) is 0. The van der Waals surface area contributed by atoms with Crippen LogP contribution >= 0.6 is 35.2 Å². The summed E-state index contributed by atoms with van der Waals surface area (Å²) < 4.78 is 62.0. The average Bonchev–Trinajstić information content (AvgIpc) is 3.67. The normalized spacial score (nSPS) is 21.3. The number of thioether (sulfide) groups is 1. The number of phosphoric ester groups is 3. The van der Waals surface area contributed by atoms with Gasteiger partial charge < -0.3 is 55.7 Å². The monoisotopic (exact) mass is 893 g/mol. The zero-order valence-corrected chi connectivity index (χ0v) is 33.6. The molecule has 7 atom stereocenters. The first-order chi connectivity index (χ1) is 26.4.